The monoisotopic (exact) mass is 424 g/mol. The lowest BCUT2D eigenvalue weighted by molar-refractivity contribution is -0.157. The van der Waals surface area contributed by atoms with Crippen LogP contribution in [0.25, 0.3) is 5.57 Å². The summed E-state index contributed by atoms with van der Waals surface area (Å²) >= 11 is 13.1. The van der Waals surface area contributed by atoms with Crippen LogP contribution in [-0.4, -0.2) is 24.0 Å². The van der Waals surface area contributed by atoms with E-state index >= 15 is 0 Å². The smallest absolute Gasteiger partial charge is 0.344 e. The van der Waals surface area contributed by atoms with E-state index in [-0.39, 0.29) is 22.8 Å². The number of benzene rings is 1. The van der Waals surface area contributed by atoms with Crippen LogP contribution in [0.4, 0.5) is 0 Å². The molecule has 0 heterocycles. The van der Waals surface area contributed by atoms with Crippen molar-refractivity contribution in [3.8, 4) is 5.75 Å². The number of carbonyl (C=O) groups excluding carboxylic acids is 2. The molecule has 0 radical (unpaired) electrons. The Hall–Kier alpha value is -1.52. The van der Waals surface area contributed by atoms with Crippen LogP contribution in [0.3, 0.4) is 0 Å². The van der Waals surface area contributed by atoms with E-state index in [1.54, 1.807) is 26.8 Å². The quantitative estimate of drug-likeness (QED) is 0.560. The summed E-state index contributed by atoms with van der Waals surface area (Å²) in [6.45, 7) is 7.30. The molecule has 1 atom stereocenters. The number of rotatable bonds is 5. The zero-order chi connectivity index (χ0) is 20.7. The van der Waals surface area contributed by atoms with Gasteiger partial charge in [0, 0.05) is 17.4 Å². The molecule has 0 aliphatic heterocycles. The summed E-state index contributed by atoms with van der Waals surface area (Å²) < 4.78 is 10.9. The van der Waals surface area contributed by atoms with E-state index in [1.807, 2.05) is 6.07 Å². The standard InChI is InChI=1S/C22H26Cl2O4/c1-5-7-22-8-6-14(25)10-15(22)18-13(11-22)9-16(19(23)20(18)24)27-12-17(26)28-21(2,3)4/h9-10H,5-8,11-12H2,1-4H3. The predicted molar refractivity (Wildman–Crippen MR) is 111 cm³/mol. The average Bonchev–Trinajstić information content (AvgIpc) is 2.89. The van der Waals surface area contributed by atoms with E-state index in [9.17, 15) is 9.59 Å². The molecule has 0 saturated heterocycles. The van der Waals surface area contributed by atoms with E-state index in [0.29, 0.717) is 17.2 Å². The van der Waals surface area contributed by atoms with Crippen molar-refractivity contribution in [1.82, 2.24) is 0 Å². The highest BCUT2D eigenvalue weighted by molar-refractivity contribution is 6.44. The molecule has 0 bridgehead atoms. The van der Waals surface area contributed by atoms with Crippen LogP contribution in [-0.2, 0) is 20.7 Å². The van der Waals surface area contributed by atoms with Crippen molar-refractivity contribution in [1.29, 1.82) is 0 Å². The second-order valence-corrected chi connectivity index (χ2v) is 9.40. The van der Waals surface area contributed by atoms with Gasteiger partial charge in [-0.2, -0.15) is 0 Å². The Kier molecular flexibility index (Phi) is 5.84. The zero-order valence-electron chi connectivity index (χ0n) is 16.8. The zero-order valence-corrected chi connectivity index (χ0v) is 18.3. The molecule has 1 aromatic rings. The van der Waals surface area contributed by atoms with Gasteiger partial charge in [0.1, 0.15) is 16.4 Å². The predicted octanol–water partition coefficient (Wildman–Crippen LogP) is 5.80. The summed E-state index contributed by atoms with van der Waals surface area (Å²) in [6, 6.07) is 1.86. The van der Waals surface area contributed by atoms with Gasteiger partial charge in [0.25, 0.3) is 0 Å². The van der Waals surface area contributed by atoms with E-state index in [1.165, 1.54) is 0 Å². The highest BCUT2D eigenvalue weighted by Crippen LogP contribution is 2.58. The third-order valence-electron chi connectivity index (χ3n) is 5.27. The van der Waals surface area contributed by atoms with Gasteiger partial charge in [-0.1, -0.05) is 36.5 Å². The highest BCUT2D eigenvalue weighted by Gasteiger charge is 2.45. The molecule has 2 aliphatic carbocycles. The van der Waals surface area contributed by atoms with Gasteiger partial charge >= 0.3 is 5.97 Å². The number of carbonyl (C=O) groups is 2. The summed E-state index contributed by atoms with van der Waals surface area (Å²) in [5.41, 5.74) is 2.23. The molecule has 0 aromatic heterocycles. The molecule has 4 nitrogen and oxygen atoms in total. The first-order valence-electron chi connectivity index (χ1n) is 9.67. The van der Waals surface area contributed by atoms with Gasteiger partial charge in [-0.3, -0.25) is 4.79 Å². The average molecular weight is 425 g/mol. The Labute approximate surface area is 176 Å². The topological polar surface area (TPSA) is 52.6 Å². The van der Waals surface area contributed by atoms with Crippen molar-refractivity contribution in [2.45, 2.75) is 65.4 Å². The molecule has 28 heavy (non-hydrogen) atoms. The summed E-state index contributed by atoms with van der Waals surface area (Å²) in [6.07, 6.45) is 5.94. The summed E-state index contributed by atoms with van der Waals surface area (Å²) in [5.74, 6) is 0.0325. The maximum atomic E-state index is 12.1. The molecule has 1 aromatic carbocycles. The molecule has 0 amide bonds. The second-order valence-electron chi connectivity index (χ2n) is 8.64. The van der Waals surface area contributed by atoms with E-state index in [0.717, 1.165) is 42.4 Å². The SMILES string of the molecule is CCCC12CCC(=O)C=C1c1c(cc(OCC(=O)OC(C)(C)C)c(Cl)c1Cl)C2. The lowest BCUT2D eigenvalue weighted by atomic mass is 9.70. The molecule has 0 N–H and O–H groups in total. The van der Waals surface area contributed by atoms with Crippen LogP contribution in [0.15, 0.2) is 12.1 Å². The minimum atomic E-state index is -0.582. The number of allylic oxidation sites excluding steroid dienone is 2. The number of hydrogen-bond donors (Lipinski definition) is 0. The van der Waals surface area contributed by atoms with Crippen molar-refractivity contribution < 1.29 is 19.1 Å². The van der Waals surface area contributed by atoms with Crippen LogP contribution < -0.4 is 4.74 Å². The van der Waals surface area contributed by atoms with E-state index in [2.05, 4.69) is 6.92 Å². The molecule has 1 unspecified atom stereocenters. The number of ether oxygens (including phenoxy) is 2. The Balaban J connectivity index is 1.92. The van der Waals surface area contributed by atoms with E-state index < -0.39 is 11.6 Å². The third-order valence-corrected chi connectivity index (χ3v) is 6.12. The van der Waals surface area contributed by atoms with Crippen LogP contribution in [0.1, 0.15) is 64.5 Å². The van der Waals surface area contributed by atoms with Crippen LogP contribution >= 0.6 is 23.2 Å². The van der Waals surface area contributed by atoms with Gasteiger partial charge in [-0.25, -0.2) is 4.79 Å². The molecule has 2 aliphatic rings. The van der Waals surface area contributed by atoms with Crippen LogP contribution in [0.5, 0.6) is 5.75 Å². The molecule has 0 spiro atoms. The molecular weight excluding hydrogens is 399 g/mol. The van der Waals surface area contributed by atoms with Crippen LogP contribution in [0.2, 0.25) is 10.0 Å². The van der Waals surface area contributed by atoms with Gasteiger partial charge in [0.05, 0.1) is 5.02 Å². The number of esters is 1. The number of fused-ring (bicyclic) bond motifs is 3. The minimum absolute atomic E-state index is 0.0677. The Morgan fingerprint density at radius 3 is 2.61 bits per heavy atom. The second kappa shape index (κ2) is 7.72. The summed E-state index contributed by atoms with van der Waals surface area (Å²) in [4.78, 5) is 24.1. The fourth-order valence-electron chi connectivity index (χ4n) is 4.29. The lowest BCUT2D eigenvalue weighted by Gasteiger charge is -2.33. The molecule has 3 rings (SSSR count). The van der Waals surface area contributed by atoms with Crippen molar-refractivity contribution >= 4 is 40.5 Å². The first kappa shape index (κ1) is 21.2. The number of ketones is 1. The number of halogens is 2. The molecular formula is C22H26Cl2O4. The maximum absolute atomic E-state index is 12.1. The van der Waals surface area contributed by atoms with Gasteiger partial charge in [-0.05, 0) is 63.3 Å². The molecule has 6 heteroatoms. The van der Waals surface area contributed by atoms with Gasteiger partial charge < -0.3 is 9.47 Å². The van der Waals surface area contributed by atoms with Crippen LogP contribution in [0, 0.1) is 5.41 Å². The van der Waals surface area contributed by atoms with Crippen molar-refractivity contribution in [2.24, 2.45) is 5.41 Å². The fourth-order valence-corrected chi connectivity index (χ4v) is 4.81. The Morgan fingerprint density at radius 2 is 1.96 bits per heavy atom. The summed E-state index contributed by atoms with van der Waals surface area (Å²) in [5, 5.41) is 0.646. The largest absolute Gasteiger partial charge is 0.480 e. The fraction of sp³-hybridized carbons (Fsp3) is 0.545. The Morgan fingerprint density at radius 1 is 1.25 bits per heavy atom. The van der Waals surface area contributed by atoms with Crippen molar-refractivity contribution in [3.05, 3.63) is 33.3 Å². The normalized spacial score (nSPS) is 21.1. The molecule has 152 valence electrons. The van der Waals surface area contributed by atoms with E-state index in [4.69, 9.17) is 32.7 Å². The van der Waals surface area contributed by atoms with Gasteiger partial charge in [-0.15, -0.1) is 0 Å². The molecule has 0 fully saturated rings. The Bertz CT molecular complexity index is 851. The number of hydrogen-bond acceptors (Lipinski definition) is 4. The minimum Gasteiger partial charge on any atom is -0.480 e. The third kappa shape index (κ3) is 4.08. The van der Waals surface area contributed by atoms with Crippen molar-refractivity contribution in [3.63, 3.8) is 0 Å². The van der Waals surface area contributed by atoms with Gasteiger partial charge in [0.2, 0.25) is 0 Å². The first-order chi connectivity index (χ1) is 13.1. The summed E-state index contributed by atoms with van der Waals surface area (Å²) in [7, 11) is 0. The highest BCUT2D eigenvalue weighted by atomic mass is 35.5. The van der Waals surface area contributed by atoms with Crippen molar-refractivity contribution in [2.75, 3.05) is 6.61 Å². The maximum Gasteiger partial charge on any atom is 0.344 e. The first-order valence-corrected chi connectivity index (χ1v) is 10.4. The lowest BCUT2D eigenvalue weighted by Crippen LogP contribution is -2.27. The van der Waals surface area contributed by atoms with Gasteiger partial charge in [0.15, 0.2) is 12.4 Å². The molecule has 0 saturated carbocycles.